The molecule has 6 nitrogen and oxygen atoms in total. The fourth-order valence-electron chi connectivity index (χ4n) is 2.21. The third-order valence-corrected chi connectivity index (χ3v) is 3.18. The van der Waals surface area contributed by atoms with Crippen molar-refractivity contribution in [3.8, 4) is 0 Å². The van der Waals surface area contributed by atoms with E-state index in [1.165, 1.54) is 4.90 Å². The molecule has 0 bridgehead atoms. The third kappa shape index (κ3) is 3.81. The highest BCUT2D eigenvalue weighted by Crippen LogP contribution is 2.18. The van der Waals surface area contributed by atoms with Gasteiger partial charge in [-0.25, -0.2) is 0 Å². The minimum atomic E-state index is -1.03. The van der Waals surface area contributed by atoms with Crippen molar-refractivity contribution >= 4 is 17.6 Å². The Kier molecular flexibility index (Phi) is 4.92. The van der Waals surface area contributed by atoms with Crippen molar-refractivity contribution in [2.75, 3.05) is 13.1 Å². The van der Waals surface area contributed by atoms with Crippen LogP contribution < -0.4 is 0 Å². The van der Waals surface area contributed by atoms with Gasteiger partial charge in [0.15, 0.2) is 0 Å². The summed E-state index contributed by atoms with van der Waals surface area (Å²) in [5, 5.41) is 12.8. The zero-order valence-corrected chi connectivity index (χ0v) is 11.9. The van der Waals surface area contributed by atoms with Crippen molar-refractivity contribution in [1.82, 2.24) is 4.90 Å². The van der Waals surface area contributed by atoms with E-state index in [1.807, 2.05) is 37.3 Å². The molecule has 1 N–H and O–H groups in total. The topological polar surface area (TPSA) is 79.2 Å². The average molecular weight is 290 g/mol. The van der Waals surface area contributed by atoms with Crippen molar-refractivity contribution in [3.05, 3.63) is 35.9 Å². The molecule has 1 aromatic rings. The lowest BCUT2D eigenvalue weighted by molar-refractivity contribution is -0.149. The fourth-order valence-corrected chi connectivity index (χ4v) is 2.21. The van der Waals surface area contributed by atoms with E-state index in [4.69, 9.17) is 9.94 Å². The summed E-state index contributed by atoms with van der Waals surface area (Å²) in [4.78, 5) is 29.6. The van der Waals surface area contributed by atoms with E-state index in [2.05, 4.69) is 5.16 Å². The average Bonchev–Trinajstić information content (AvgIpc) is 2.96. The van der Waals surface area contributed by atoms with Crippen molar-refractivity contribution < 1.29 is 19.5 Å². The second-order valence-electron chi connectivity index (χ2n) is 4.86. The van der Waals surface area contributed by atoms with Gasteiger partial charge in [-0.15, -0.1) is 0 Å². The number of carbonyl (C=O) groups is 2. The van der Waals surface area contributed by atoms with E-state index in [0.717, 1.165) is 5.56 Å². The molecule has 0 fully saturated rings. The van der Waals surface area contributed by atoms with Gasteiger partial charge in [-0.3, -0.25) is 9.59 Å². The van der Waals surface area contributed by atoms with Gasteiger partial charge < -0.3 is 14.8 Å². The first-order valence-electron chi connectivity index (χ1n) is 6.90. The number of benzene rings is 1. The first kappa shape index (κ1) is 15.0. The number of rotatable bonds is 6. The largest absolute Gasteiger partial charge is 0.480 e. The van der Waals surface area contributed by atoms with Crippen LogP contribution in [0.15, 0.2) is 35.5 Å². The molecule has 112 valence electrons. The van der Waals surface area contributed by atoms with Crippen LogP contribution in [0.2, 0.25) is 0 Å². The van der Waals surface area contributed by atoms with Crippen LogP contribution in [0.4, 0.5) is 0 Å². The smallest absolute Gasteiger partial charge is 0.323 e. The van der Waals surface area contributed by atoms with Crippen LogP contribution in [0, 0.1) is 0 Å². The molecule has 0 spiro atoms. The molecule has 21 heavy (non-hydrogen) atoms. The second-order valence-corrected chi connectivity index (χ2v) is 4.86. The molecule has 1 atom stereocenters. The van der Waals surface area contributed by atoms with E-state index in [1.54, 1.807) is 0 Å². The minimum absolute atomic E-state index is 0.312. The summed E-state index contributed by atoms with van der Waals surface area (Å²) in [5.41, 5.74) is 1.62. The Bertz CT molecular complexity index is 542. The van der Waals surface area contributed by atoms with Gasteiger partial charge in [-0.1, -0.05) is 42.4 Å². The minimum Gasteiger partial charge on any atom is -0.480 e. The Labute approximate surface area is 123 Å². The van der Waals surface area contributed by atoms with E-state index >= 15 is 0 Å². The number of aliphatic carboxylic acids is 1. The van der Waals surface area contributed by atoms with Crippen LogP contribution in [0.1, 0.15) is 25.3 Å². The van der Waals surface area contributed by atoms with E-state index < -0.39 is 12.1 Å². The van der Waals surface area contributed by atoms with Crippen molar-refractivity contribution in [2.24, 2.45) is 5.16 Å². The number of carbonyl (C=O) groups excluding carboxylic acids is 1. The Hall–Kier alpha value is -2.37. The third-order valence-electron chi connectivity index (χ3n) is 3.18. The monoisotopic (exact) mass is 290 g/mol. The molecule has 1 aliphatic heterocycles. The molecule has 0 radical (unpaired) electrons. The van der Waals surface area contributed by atoms with Crippen LogP contribution in [0.25, 0.3) is 0 Å². The van der Waals surface area contributed by atoms with E-state index in [-0.39, 0.29) is 12.5 Å². The summed E-state index contributed by atoms with van der Waals surface area (Å²) in [6, 6.07) is 9.48. The Morgan fingerprint density at radius 1 is 1.38 bits per heavy atom. The molecule has 0 aliphatic carbocycles. The standard InChI is InChI=1S/C15H18N2O4/c1-2-8-17(10-14(18)19)15(20)13-9-12(16-21-13)11-6-4-3-5-7-11/h3-7,13H,2,8-10H2,1H3,(H,18,19). The molecule has 1 unspecified atom stereocenters. The Morgan fingerprint density at radius 2 is 2.10 bits per heavy atom. The number of carboxylic acid groups (broad SMARTS) is 1. The van der Waals surface area contributed by atoms with Gasteiger partial charge in [0.25, 0.3) is 5.91 Å². The van der Waals surface area contributed by atoms with Gasteiger partial charge >= 0.3 is 5.97 Å². The summed E-state index contributed by atoms with van der Waals surface area (Å²) in [6.45, 7) is 1.97. The van der Waals surface area contributed by atoms with Crippen LogP contribution in [0.5, 0.6) is 0 Å². The molecule has 1 heterocycles. The van der Waals surface area contributed by atoms with Gasteiger partial charge in [0.05, 0.1) is 5.71 Å². The van der Waals surface area contributed by atoms with Crippen molar-refractivity contribution in [3.63, 3.8) is 0 Å². The normalized spacial score (nSPS) is 17.0. The summed E-state index contributed by atoms with van der Waals surface area (Å²) in [6.07, 6.45) is 0.326. The predicted molar refractivity (Wildman–Crippen MR) is 77.0 cm³/mol. The SMILES string of the molecule is CCCN(CC(=O)O)C(=O)C1CC(c2ccccc2)=NO1. The highest BCUT2D eigenvalue weighted by molar-refractivity contribution is 6.04. The van der Waals surface area contributed by atoms with Crippen LogP contribution in [-0.2, 0) is 14.4 Å². The molecule has 0 saturated heterocycles. The van der Waals surface area contributed by atoms with Crippen molar-refractivity contribution in [2.45, 2.75) is 25.9 Å². The Balaban J connectivity index is 2.00. The highest BCUT2D eigenvalue weighted by Gasteiger charge is 2.32. The van der Waals surface area contributed by atoms with Crippen LogP contribution in [-0.4, -0.2) is 46.8 Å². The molecule has 6 heteroatoms. The number of hydrogen-bond acceptors (Lipinski definition) is 4. The summed E-state index contributed by atoms with van der Waals surface area (Å²) in [7, 11) is 0. The lowest BCUT2D eigenvalue weighted by Crippen LogP contribution is -2.42. The first-order valence-corrected chi connectivity index (χ1v) is 6.90. The number of carboxylic acids is 1. The maximum absolute atomic E-state index is 12.3. The maximum Gasteiger partial charge on any atom is 0.323 e. The molecule has 1 aromatic carbocycles. The van der Waals surface area contributed by atoms with Crippen molar-refractivity contribution in [1.29, 1.82) is 0 Å². The molecule has 1 amide bonds. The highest BCUT2D eigenvalue weighted by atomic mass is 16.6. The number of amides is 1. The van der Waals surface area contributed by atoms with Gasteiger partial charge in [-0.05, 0) is 12.0 Å². The van der Waals surface area contributed by atoms with E-state index in [9.17, 15) is 9.59 Å². The Morgan fingerprint density at radius 3 is 2.71 bits per heavy atom. The summed E-state index contributed by atoms with van der Waals surface area (Å²) in [5.74, 6) is -1.35. The van der Waals surface area contributed by atoms with Gasteiger partial charge in [0, 0.05) is 13.0 Å². The molecule has 0 saturated carbocycles. The molecular formula is C15H18N2O4. The fraction of sp³-hybridized carbons (Fsp3) is 0.400. The van der Waals surface area contributed by atoms with E-state index in [0.29, 0.717) is 25.1 Å². The maximum atomic E-state index is 12.3. The zero-order chi connectivity index (χ0) is 15.2. The second kappa shape index (κ2) is 6.88. The number of oxime groups is 1. The quantitative estimate of drug-likeness (QED) is 0.861. The van der Waals surface area contributed by atoms with Gasteiger partial charge in [0.1, 0.15) is 6.54 Å². The van der Waals surface area contributed by atoms with Crippen LogP contribution in [0.3, 0.4) is 0 Å². The first-order chi connectivity index (χ1) is 10.1. The van der Waals surface area contributed by atoms with Crippen LogP contribution >= 0.6 is 0 Å². The molecular weight excluding hydrogens is 272 g/mol. The number of hydrogen-bond donors (Lipinski definition) is 1. The number of nitrogens with zero attached hydrogens (tertiary/aromatic N) is 2. The van der Waals surface area contributed by atoms with Gasteiger partial charge in [0.2, 0.25) is 6.10 Å². The molecule has 1 aliphatic rings. The lowest BCUT2D eigenvalue weighted by atomic mass is 10.0. The predicted octanol–water partition coefficient (Wildman–Crippen LogP) is 1.50. The zero-order valence-electron chi connectivity index (χ0n) is 11.9. The molecule has 2 rings (SSSR count). The lowest BCUT2D eigenvalue weighted by Gasteiger charge is -2.22. The summed E-state index contributed by atoms with van der Waals surface area (Å²) >= 11 is 0. The molecule has 0 aromatic heterocycles. The summed E-state index contributed by atoms with van der Waals surface area (Å²) < 4.78 is 0. The van der Waals surface area contributed by atoms with Gasteiger partial charge in [-0.2, -0.15) is 0 Å².